The molecule has 0 unspecified atom stereocenters. The lowest BCUT2D eigenvalue weighted by Crippen LogP contribution is -2.15. The molecular formula is C23H20N4O2S. The second-order valence-corrected chi connectivity index (χ2v) is 7.91. The van der Waals surface area contributed by atoms with E-state index in [1.54, 1.807) is 18.2 Å². The van der Waals surface area contributed by atoms with Gasteiger partial charge in [0.05, 0.1) is 23.0 Å². The quantitative estimate of drug-likeness (QED) is 0.549. The number of carbonyl (C=O) groups excluding carboxylic acids is 1. The van der Waals surface area contributed by atoms with E-state index in [-0.39, 0.29) is 5.91 Å². The predicted octanol–water partition coefficient (Wildman–Crippen LogP) is 5.30. The molecule has 150 valence electrons. The van der Waals surface area contributed by atoms with Gasteiger partial charge in [0.1, 0.15) is 16.8 Å². The number of nitrogens with zero attached hydrogens (tertiary/aromatic N) is 3. The number of anilines is 1. The lowest BCUT2D eigenvalue weighted by molar-refractivity contribution is 0.102. The van der Waals surface area contributed by atoms with Crippen molar-refractivity contribution in [3.8, 4) is 17.7 Å². The first kappa shape index (κ1) is 19.9. The average Bonchev–Trinajstić information content (AvgIpc) is 3.61. The third-order valence-corrected chi connectivity index (χ3v) is 5.47. The summed E-state index contributed by atoms with van der Waals surface area (Å²) in [6.45, 7) is 2.01. The van der Waals surface area contributed by atoms with Crippen LogP contribution in [0.5, 0.6) is 11.6 Å². The van der Waals surface area contributed by atoms with Crippen molar-refractivity contribution in [1.82, 2.24) is 9.97 Å². The van der Waals surface area contributed by atoms with Gasteiger partial charge in [-0.3, -0.25) is 4.79 Å². The van der Waals surface area contributed by atoms with Crippen molar-refractivity contribution in [2.45, 2.75) is 30.7 Å². The Morgan fingerprint density at radius 1 is 1.23 bits per heavy atom. The van der Waals surface area contributed by atoms with Crippen LogP contribution >= 0.6 is 11.8 Å². The smallest absolute Gasteiger partial charge is 0.257 e. The van der Waals surface area contributed by atoms with Crippen LogP contribution in [0.2, 0.25) is 0 Å². The highest BCUT2D eigenvalue weighted by Gasteiger charge is 2.28. The Morgan fingerprint density at radius 3 is 2.60 bits per heavy atom. The maximum Gasteiger partial charge on any atom is 0.257 e. The number of nitrogens with one attached hydrogen (secondary N) is 1. The van der Waals surface area contributed by atoms with E-state index >= 15 is 0 Å². The molecular weight excluding hydrogens is 396 g/mol. The second kappa shape index (κ2) is 8.56. The van der Waals surface area contributed by atoms with Gasteiger partial charge in [0, 0.05) is 17.7 Å². The average molecular weight is 417 g/mol. The van der Waals surface area contributed by atoms with Gasteiger partial charge in [-0.1, -0.05) is 17.7 Å². The van der Waals surface area contributed by atoms with Gasteiger partial charge in [-0.25, -0.2) is 9.97 Å². The molecule has 1 aliphatic carbocycles. The number of rotatable bonds is 6. The van der Waals surface area contributed by atoms with Crippen LogP contribution in [0.15, 0.2) is 53.7 Å². The Bertz CT molecular complexity index is 1120. The lowest BCUT2D eigenvalue weighted by Gasteiger charge is -2.11. The molecule has 1 aliphatic rings. The predicted molar refractivity (Wildman–Crippen MR) is 116 cm³/mol. The normalized spacial score (nSPS) is 12.8. The molecule has 1 amide bonds. The van der Waals surface area contributed by atoms with E-state index in [1.807, 2.05) is 37.4 Å². The Hall–Kier alpha value is -3.37. The molecule has 0 atom stereocenters. The zero-order valence-corrected chi connectivity index (χ0v) is 17.5. The molecule has 1 saturated carbocycles. The van der Waals surface area contributed by atoms with Gasteiger partial charge in [-0.2, -0.15) is 5.26 Å². The lowest BCUT2D eigenvalue weighted by atomic mass is 10.1. The van der Waals surface area contributed by atoms with Crippen LogP contribution in [0, 0.1) is 18.3 Å². The van der Waals surface area contributed by atoms with Crippen LogP contribution in [0.25, 0.3) is 0 Å². The summed E-state index contributed by atoms with van der Waals surface area (Å²) in [5.74, 6) is 1.16. The molecule has 4 rings (SSSR count). The minimum absolute atomic E-state index is 0.302. The summed E-state index contributed by atoms with van der Waals surface area (Å²) in [5, 5.41) is 13.0. The topological polar surface area (TPSA) is 87.9 Å². The van der Waals surface area contributed by atoms with Crippen molar-refractivity contribution in [2.24, 2.45) is 0 Å². The molecule has 30 heavy (non-hydrogen) atoms. The van der Waals surface area contributed by atoms with E-state index in [9.17, 15) is 10.1 Å². The van der Waals surface area contributed by atoms with Gasteiger partial charge in [-0.15, -0.1) is 11.8 Å². The van der Waals surface area contributed by atoms with E-state index < -0.39 is 0 Å². The van der Waals surface area contributed by atoms with Gasteiger partial charge in [0.15, 0.2) is 0 Å². The summed E-state index contributed by atoms with van der Waals surface area (Å²) in [4.78, 5) is 21.7. The molecule has 7 heteroatoms. The highest BCUT2D eigenvalue weighted by atomic mass is 32.2. The molecule has 0 radical (unpaired) electrons. The Kier molecular flexibility index (Phi) is 5.68. The summed E-state index contributed by atoms with van der Waals surface area (Å²) in [6.07, 6.45) is 5.53. The monoisotopic (exact) mass is 416 g/mol. The highest BCUT2D eigenvalue weighted by Crippen LogP contribution is 2.40. The van der Waals surface area contributed by atoms with Crippen molar-refractivity contribution < 1.29 is 9.53 Å². The standard InChI is InChI=1S/C23H20N4O2S/c1-14-3-8-17(9-4-14)29-21-10-7-16(13-25-21)26-22(28)18-11-20(15-5-6-15)27-23(30-2)19(18)12-24/h3-4,7-11,13,15H,5-6H2,1-2H3,(H,26,28). The number of benzene rings is 1. The fraction of sp³-hybridized carbons (Fsp3) is 0.217. The fourth-order valence-electron chi connectivity index (χ4n) is 3.00. The number of aromatic nitrogens is 2. The molecule has 0 aliphatic heterocycles. The molecule has 1 fully saturated rings. The third-order valence-electron chi connectivity index (χ3n) is 4.79. The molecule has 1 N–H and O–H groups in total. The SMILES string of the molecule is CSc1nc(C2CC2)cc(C(=O)Nc2ccc(Oc3ccc(C)cc3)nc2)c1C#N. The number of hydrogen-bond donors (Lipinski definition) is 1. The fourth-order valence-corrected chi connectivity index (χ4v) is 3.56. The summed E-state index contributed by atoms with van der Waals surface area (Å²) in [7, 11) is 0. The van der Waals surface area contributed by atoms with Crippen LogP contribution in [-0.4, -0.2) is 22.1 Å². The van der Waals surface area contributed by atoms with Crippen LogP contribution in [0.4, 0.5) is 5.69 Å². The Morgan fingerprint density at radius 2 is 2.00 bits per heavy atom. The molecule has 0 bridgehead atoms. The van der Waals surface area contributed by atoms with Crippen molar-refractivity contribution in [3.05, 3.63) is 71.0 Å². The van der Waals surface area contributed by atoms with E-state index in [4.69, 9.17) is 4.74 Å². The first-order valence-electron chi connectivity index (χ1n) is 9.58. The number of nitriles is 1. The van der Waals surface area contributed by atoms with E-state index in [1.165, 1.54) is 18.0 Å². The summed E-state index contributed by atoms with van der Waals surface area (Å²) in [5.41, 5.74) is 3.20. The second-order valence-electron chi connectivity index (χ2n) is 7.12. The van der Waals surface area contributed by atoms with Crippen LogP contribution in [0.1, 0.15) is 45.9 Å². The number of aryl methyl sites for hydroxylation is 1. The van der Waals surface area contributed by atoms with Crippen molar-refractivity contribution in [3.63, 3.8) is 0 Å². The number of ether oxygens (including phenoxy) is 1. The van der Waals surface area contributed by atoms with Gasteiger partial charge in [0.25, 0.3) is 5.91 Å². The van der Waals surface area contributed by atoms with Crippen molar-refractivity contribution in [1.29, 1.82) is 5.26 Å². The van der Waals surface area contributed by atoms with Crippen LogP contribution in [0.3, 0.4) is 0 Å². The molecule has 0 spiro atoms. The maximum absolute atomic E-state index is 12.9. The van der Waals surface area contributed by atoms with Gasteiger partial charge >= 0.3 is 0 Å². The van der Waals surface area contributed by atoms with Crippen LogP contribution < -0.4 is 10.1 Å². The number of amides is 1. The minimum Gasteiger partial charge on any atom is -0.439 e. The summed E-state index contributed by atoms with van der Waals surface area (Å²) in [6, 6.07) is 15.0. The zero-order chi connectivity index (χ0) is 21.1. The molecule has 3 aromatic rings. The van der Waals surface area contributed by atoms with Crippen molar-refractivity contribution in [2.75, 3.05) is 11.6 Å². The third kappa shape index (κ3) is 4.44. The van der Waals surface area contributed by atoms with Gasteiger partial charge < -0.3 is 10.1 Å². The van der Waals surface area contributed by atoms with E-state index in [2.05, 4.69) is 21.4 Å². The van der Waals surface area contributed by atoms with Gasteiger partial charge in [-0.05, 0) is 50.3 Å². The first-order valence-corrected chi connectivity index (χ1v) is 10.8. The largest absolute Gasteiger partial charge is 0.439 e. The highest BCUT2D eigenvalue weighted by molar-refractivity contribution is 7.98. The zero-order valence-electron chi connectivity index (χ0n) is 16.7. The molecule has 2 heterocycles. The molecule has 6 nitrogen and oxygen atoms in total. The number of hydrogen-bond acceptors (Lipinski definition) is 6. The van der Waals surface area contributed by atoms with Crippen molar-refractivity contribution >= 4 is 23.4 Å². The first-order chi connectivity index (χ1) is 14.6. The van der Waals surface area contributed by atoms with E-state index in [0.29, 0.717) is 39.4 Å². The van der Waals surface area contributed by atoms with Gasteiger partial charge in [0.2, 0.25) is 5.88 Å². The Balaban J connectivity index is 1.52. The Labute approximate surface area is 179 Å². The maximum atomic E-state index is 12.9. The van der Waals surface area contributed by atoms with Crippen LogP contribution in [-0.2, 0) is 0 Å². The number of pyridine rings is 2. The summed E-state index contributed by atoms with van der Waals surface area (Å²) >= 11 is 1.38. The number of carbonyl (C=O) groups is 1. The molecule has 1 aromatic carbocycles. The summed E-state index contributed by atoms with van der Waals surface area (Å²) < 4.78 is 5.72. The molecule has 2 aromatic heterocycles. The van der Waals surface area contributed by atoms with E-state index in [0.717, 1.165) is 24.1 Å². The number of thioether (sulfide) groups is 1. The minimum atomic E-state index is -0.347. The molecule has 0 saturated heterocycles.